The minimum Gasteiger partial charge on any atom is -0.334 e. The van der Waals surface area contributed by atoms with Gasteiger partial charge < -0.3 is 10.6 Å². The molecule has 1 atom stereocenters. The summed E-state index contributed by atoms with van der Waals surface area (Å²) in [4.78, 5) is 15.8. The number of nitrogens with zero attached hydrogens (tertiary/aromatic N) is 1. The van der Waals surface area contributed by atoms with Gasteiger partial charge in [-0.25, -0.2) is 4.79 Å². The van der Waals surface area contributed by atoms with Crippen molar-refractivity contribution in [1.82, 2.24) is 15.6 Å². The highest BCUT2D eigenvalue weighted by molar-refractivity contribution is 5.74. The van der Waals surface area contributed by atoms with E-state index in [0.29, 0.717) is 6.54 Å². The summed E-state index contributed by atoms with van der Waals surface area (Å²) in [5.41, 5.74) is 2.06. The largest absolute Gasteiger partial charge is 0.334 e. The maximum Gasteiger partial charge on any atom is 0.315 e. The first-order valence-electron chi connectivity index (χ1n) is 6.24. The van der Waals surface area contributed by atoms with Crippen LogP contribution in [0.4, 0.5) is 4.79 Å². The van der Waals surface area contributed by atoms with Crippen LogP contribution in [0.1, 0.15) is 24.1 Å². The van der Waals surface area contributed by atoms with Crippen LogP contribution in [-0.4, -0.2) is 11.0 Å². The Bertz CT molecular complexity index is 513. The fourth-order valence-corrected chi connectivity index (χ4v) is 1.76. The van der Waals surface area contributed by atoms with Crippen molar-refractivity contribution in [2.24, 2.45) is 0 Å². The lowest BCUT2D eigenvalue weighted by atomic mass is 10.1. The van der Waals surface area contributed by atoms with Crippen LogP contribution in [0, 0.1) is 0 Å². The Balaban J connectivity index is 1.82. The van der Waals surface area contributed by atoms with Crippen molar-refractivity contribution >= 4 is 6.03 Å². The standard InChI is InChI=1S/C15H17N3O/c1-12(14-7-3-2-4-8-14)18-15(19)17-11-13-6-5-9-16-10-13/h2-10,12H,11H2,1H3,(H2,17,18,19). The summed E-state index contributed by atoms with van der Waals surface area (Å²) < 4.78 is 0. The van der Waals surface area contributed by atoms with Crippen LogP contribution >= 0.6 is 0 Å². The van der Waals surface area contributed by atoms with Gasteiger partial charge in [-0.2, -0.15) is 0 Å². The minimum absolute atomic E-state index is 0.0184. The van der Waals surface area contributed by atoms with Crippen molar-refractivity contribution in [3.63, 3.8) is 0 Å². The number of rotatable bonds is 4. The molecule has 0 spiro atoms. The average Bonchev–Trinajstić information content (AvgIpc) is 2.47. The molecule has 2 rings (SSSR count). The lowest BCUT2D eigenvalue weighted by Gasteiger charge is -2.14. The van der Waals surface area contributed by atoms with Crippen LogP contribution in [0.3, 0.4) is 0 Å². The van der Waals surface area contributed by atoms with Gasteiger partial charge in [0, 0.05) is 18.9 Å². The number of carbonyl (C=O) groups excluding carboxylic acids is 1. The molecule has 1 heterocycles. The number of hydrogen-bond donors (Lipinski definition) is 2. The molecule has 4 heteroatoms. The van der Waals surface area contributed by atoms with E-state index in [1.807, 2.05) is 49.4 Å². The number of benzene rings is 1. The molecule has 0 aliphatic rings. The highest BCUT2D eigenvalue weighted by Crippen LogP contribution is 2.10. The van der Waals surface area contributed by atoms with Gasteiger partial charge in [0.1, 0.15) is 0 Å². The Morgan fingerprint density at radius 1 is 1.21 bits per heavy atom. The van der Waals surface area contributed by atoms with Crippen molar-refractivity contribution in [2.75, 3.05) is 0 Å². The van der Waals surface area contributed by atoms with Crippen LogP contribution in [0.25, 0.3) is 0 Å². The number of hydrogen-bond acceptors (Lipinski definition) is 2. The topological polar surface area (TPSA) is 54.0 Å². The first-order chi connectivity index (χ1) is 9.25. The van der Waals surface area contributed by atoms with Gasteiger partial charge in [0.2, 0.25) is 0 Å². The van der Waals surface area contributed by atoms with Crippen molar-refractivity contribution in [2.45, 2.75) is 19.5 Å². The van der Waals surface area contributed by atoms with Gasteiger partial charge in [-0.1, -0.05) is 36.4 Å². The summed E-state index contributed by atoms with van der Waals surface area (Å²) in [7, 11) is 0. The number of pyridine rings is 1. The van der Waals surface area contributed by atoms with E-state index in [0.717, 1.165) is 11.1 Å². The molecule has 0 radical (unpaired) electrons. The van der Waals surface area contributed by atoms with Gasteiger partial charge in [0.05, 0.1) is 6.04 Å². The van der Waals surface area contributed by atoms with Crippen LogP contribution < -0.4 is 10.6 Å². The molecular weight excluding hydrogens is 238 g/mol. The molecule has 4 nitrogen and oxygen atoms in total. The smallest absolute Gasteiger partial charge is 0.315 e. The van der Waals surface area contributed by atoms with E-state index in [9.17, 15) is 4.79 Å². The number of aromatic nitrogens is 1. The Labute approximate surface area is 112 Å². The molecule has 1 unspecified atom stereocenters. The number of urea groups is 1. The fourth-order valence-electron chi connectivity index (χ4n) is 1.76. The molecule has 98 valence electrons. The van der Waals surface area contributed by atoms with E-state index in [2.05, 4.69) is 15.6 Å². The summed E-state index contributed by atoms with van der Waals surface area (Å²) in [6.07, 6.45) is 3.45. The fraction of sp³-hybridized carbons (Fsp3) is 0.200. The van der Waals surface area contributed by atoms with Gasteiger partial charge in [-0.15, -0.1) is 0 Å². The second-order valence-corrected chi connectivity index (χ2v) is 4.32. The highest BCUT2D eigenvalue weighted by atomic mass is 16.2. The maximum atomic E-state index is 11.8. The first kappa shape index (κ1) is 13.1. The third-order valence-electron chi connectivity index (χ3n) is 2.82. The van der Waals surface area contributed by atoms with Crippen LogP contribution in [0.2, 0.25) is 0 Å². The van der Waals surface area contributed by atoms with Gasteiger partial charge in [-0.3, -0.25) is 4.98 Å². The van der Waals surface area contributed by atoms with Gasteiger partial charge >= 0.3 is 6.03 Å². The average molecular weight is 255 g/mol. The van der Waals surface area contributed by atoms with Gasteiger partial charge in [0.25, 0.3) is 0 Å². The molecule has 0 saturated carbocycles. The second-order valence-electron chi connectivity index (χ2n) is 4.32. The summed E-state index contributed by atoms with van der Waals surface area (Å²) in [5, 5.41) is 5.71. The number of amides is 2. The third-order valence-corrected chi connectivity index (χ3v) is 2.82. The summed E-state index contributed by atoms with van der Waals surface area (Å²) in [5.74, 6) is 0. The zero-order valence-electron chi connectivity index (χ0n) is 10.8. The van der Waals surface area contributed by atoms with E-state index < -0.39 is 0 Å². The normalized spacial score (nSPS) is 11.6. The second kappa shape index (κ2) is 6.54. The minimum atomic E-state index is -0.180. The van der Waals surface area contributed by atoms with Gasteiger partial charge in [-0.05, 0) is 24.1 Å². The molecule has 0 fully saturated rings. The predicted octanol–water partition coefficient (Wildman–Crippen LogP) is 2.64. The Morgan fingerprint density at radius 2 is 2.00 bits per heavy atom. The van der Waals surface area contributed by atoms with Crippen molar-refractivity contribution in [3.8, 4) is 0 Å². The quantitative estimate of drug-likeness (QED) is 0.882. The zero-order chi connectivity index (χ0) is 13.5. The monoisotopic (exact) mass is 255 g/mol. The van der Waals surface area contributed by atoms with E-state index in [1.165, 1.54) is 0 Å². The molecular formula is C15H17N3O. The summed E-state index contributed by atoms with van der Waals surface area (Å²) in [6.45, 7) is 2.43. The molecule has 1 aromatic heterocycles. The first-order valence-corrected chi connectivity index (χ1v) is 6.24. The maximum absolute atomic E-state index is 11.8. The molecule has 2 aromatic rings. The molecule has 19 heavy (non-hydrogen) atoms. The number of carbonyl (C=O) groups is 1. The van der Waals surface area contributed by atoms with Crippen molar-refractivity contribution < 1.29 is 4.79 Å². The number of nitrogens with one attached hydrogen (secondary N) is 2. The van der Waals surface area contributed by atoms with Crippen LogP contribution in [-0.2, 0) is 6.54 Å². The molecule has 0 bridgehead atoms. The molecule has 2 N–H and O–H groups in total. The Kier molecular flexibility index (Phi) is 4.50. The highest BCUT2D eigenvalue weighted by Gasteiger charge is 2.08. The van der Waals surface area contributed by atoms with Crippen molar-refractivity contribution in [1.29, 1.82) is 0 Å². The van der Waals surface area contributed by atoms with Crippen molar-refractivity contribution in [3.05, 3.63) is 66.0 Å². The van der Waals surface area contributed by atoms with E-state index >= 15 is 0 Å². The molecule has 0 aliphatic heterocycles. The lowest BCUT2D eigenvalue weighted by Crippen LogP contribution is -2.36. The molecule has 0 aliphatic carbocycles. The van der Waals surface area contributed by atoms with Crippen LogP contribution in [0.5, 0.6) is 0 Å². The van der Waals surface area contributed by atoms with E-state index in [1.54, 1.807) is 12.4 Å². The Hall–Kier alpha value is -2.36. The zero-order valence-corrected chi connectivity index (χ0v) is 10.8. The van der Waals surface area contributed by atoms with Crippen LogP contribution in [0.15, 0.2) is 54.9 Å². The third kappa shape index (κ3) is 4.10. The van der Waals surface area contributed by atoms with E-state index in [4.69, 9.17) is 0 Å². The molecule has 2 amide bonds. The van der Waals surface area contributed by atoms with E-state index in [-0.39, 0.29) is 12.1 Å². The molecule has 1 aromatic carbocycles. The lowest BCUT2D eigenvalue weighted by molar-refractivity contribution is 0.237. The predicted molar refractivity (Wildman–Crippen MR) is 74.5 cm³/mol. The Morgan fingerprint density at radius 3 is 2.68 bits per heavy atom. The van der Waals surface area contributed by atoms with Gasteiger partial charge in [0.15, 0.2) is 0 Å². The SMILES string of the molecule is CC(NC(=O)NCc1cccnc1)c1ccccc1. The summed E-state index contributed by atoms with van der Waals surface area (Å²) in [6, 6.07) is 13.4. The molecule has 0 saturated heterocycles. The summed E-state index contributed by atoms with van der Waals surface area (Å²) >= 11 is 0.